The van der Waals surface area contributed by atoms with Crippen molar-refractivity contribution in [1.29, 1.82) is 0 Å². The van der Waals surface area contributed by atoms with Gasteiger partial charge in [-0.3, -0.25) is 4.79 Å². The third-order valence-corrected chi connectivity index (χ3v) is 3.79. The highest BCUT2D eigenvalue weighted by molar-refractivity contribution is 5.66. The zero-order chi connectivity index (χ0) is 14.7. The fourth-order valence-electron chi connectivity index (χ4n) is 2.69. The molecule has 2 aromatic rings. The number of tetrazole rings is 1. The van der Waals surface area contributed by atoms with Crippen LogP contribution in [0.1, 0.15) is 19.3 Å². The Labute approximate surface area is 122 Å². The number of carbonyl (C=O) groups is 1. The Bertz CT molecular complexity index is 613. The molecule has 1 aliphatic heterocycles. The van der Waals surface area contributed by atoms with E-state index >= 15 is 0 Å². The highest BCUT2D eigenvalue weighted by Crippen LogP contribution is 2.26. The number of carboxylic acid groups (broad SMARTS) is 1. The Balaban J connectivity index is 1.72. The van der Waals surface area contributed by atoms with E-state index in [1.807, 2.05) is 30.3 Å². The molecule has 0 saturated carbocycles. The van der Waals surface area contributed by atoms with Gasteiger partial charge >= 0.3 is 5.97 Å². The van der Waals surface area contributed by atoms with Gasteiger partial charge in [-0.05, 0) is 41.3 Å². The molecule has 7 heteroatoms. The van der Waals surface area contributed by atoms with Crippen molar-refractivity contribution in [2.75, 3.05) is 18.0 Å². The maximum Gasteiger partial charge on any atom is 0.303 e. The molecular formula is C14H17N5O2. The van der Waals surface area contributed by atoms with Crippen LogP contribution in [-0.4, -0.2) is 44.4 Å². The first-order chi connectivity index (χ1) is 10.2. The number of hydrogen-bond acceptors (Lipinski definition) is 5. The molecule has 0 spiro atoms. The monoisotopic (exact) mass is 287 g/mol. The second kappa shape index (κ2) is 5.90. The van der Waals surface area contributed by atoms with Crippen LogP contribution in [0.4, 0.5) is 5.95 Å². The van der Waals surface area contributed by atoms with E-state index in [2.05, 4.69) is 20.4 Å². The van der Waals surface area contributed by atoms with Gasteiger partial charge in [-0.25, -0.2) is 0 Å². The molecule has 7 nitrogen and oxygen atoms in total. The zero-order valence-corrected chi connectivity index (χ0v) is 11.6. The average Bonchev–Trinajstić information content (AvgIpc) is 3.14. The Morgan fingerprint density at radius 1 is 1.33 bits per heavy atom. The van der Waals surface area contributed by atoms with Gasteiger partial charge in [0.2, 0.25) is 5.95 Å². The van der Waals surface area contributed by atoms with Gasteiger partial charge < -0.3 is 10.0 Å². The fraction of sp³-hybridized carbons (Fsp3) is 0.429. The summed E-state index contributed by atoms with van der Waals surface area (Å²) in [7, 11) is 0. The van der Waals surface area contributed by atoms with Crippen molar-refractivity contribution in [3.8, 4) is 5.69 Å². The number of benzene rings is 1. The molecule has 1 saturated heterocycles. The third-order valence-electron chi connectivity index (χ3n) is 3.79. The Hall–Kier alpha value is -2.44. The number of carboxylic acids is 1. The SMILES string of the molecule is O=C(O)CCC1CCN(c2nnnn2-c2ccccc2)C1. The maximum atomic E-state index is 10.7. The van der Waals surface area contributed by atoms with Crippen molar-refractivity contribution < 1.29 is 9.90 Å². The van der Waals surface area contributed by atoms with Crippen molar-refractivity contribution in [1.82, 2.24) is 20.2 Å². The van der Waals surface area contributed by atoms with Crippen LogP contribution in [0.5, 0.6) is 0 Å². The van der Waals surface area contributed by atoms with Crippen LogP contribution in [0, 0.1) is 5.92 Å². The van der Waals surface area contributed by atoms with Crippen LogP contribution >= 0.6 is 0 Å². The third kappa shape index (κ3) is 3.01. The van der Waals surface area contributed by atoms with Gasteiger partial charge in [-0.1, -0.05) is 23.3 Å². The van der Waals surface area contributed by atoms with Crippen LogP contribution in [0.25, 0.3) is 5.69 Å². The van der Waals surface area contributed by atoms with Crippen LogP contribution < -0.4 is 4.90 Å². The summed E-state index contributed by atoms with van der Waals surface area (Å²) in [6.45, 7) is 1.66. The minimum Gasteiger partial charge on any atom is -0.481 e. The number of aliphatic carboxylic acids is 1. The second-order valence-electron chi connectivity index (χ2n) is 5.26. The first kappa shape index (κ1) is 13.5. The lowest BCUT2D eigenvalue weighted by Gasteiger charge is -2.16. The number of para-hydroxylation sites is 1. The predicted molar refractivity (Wildman–Crippen MR) is 76.3 cm³/mol. The fourth-order valence-corrected chi connectivity index (χ4v) is 2.69. The molecule has 110 valence electrons. The molecule has 1 aromatic heterocycles. The summed E-state index contributed by atoms with van der Waals surface area (Å²) in [5.74, 6) is 0.378. The molecule has 0 amide bonds. The van der Waals surface area contributed by atoms with E-state index in [0.29, 0.717) is 12.3 Å². The van der Waals surface area contributed by atoms with E-state index in [-0.39, 0.29) is 6.42 Å². The summed E-state index contributed by atoms with van der Waals surface area (Å²) in [5, 5.41) is 20.7. The van der Waals surface area contributed by atoms with Gasteiger partial charge in [-0.2, -0.15) is 4.68 Å². The zero-order valence-electron chi connectivity index (χ0n) is 11.6. The first-order valence-electron chi connectivity index (χ1n) is 7.04. The normalized spacial score (nSPS) is 18.1. The number of rotatable bonds is 5. The first-order valence-corrected chi connectivity index (χ1v) is 7.04. The molecular weight excluding hydrogens is 270 g/mol. The minimum absolute atomic E-state index is 0.224. The number of aromatic nitrogens is 4. The van der Waals surface area contributed by atoms with Gasteiger partial charge in [0.05, 0.1) is 5.69 Å². The summed E-state index contributed by atoms with van der Waals surface area (Å²) in [4.78, 5) is 12.8. The Morgan fingerprint density at radius 2 is 2.14 bits per heavy atom. The van der Waals surface area contributed by atoms with E-state index in [1.165, 1.54) is 0 Å². The highest BCUT2D eigenvalue weighted by Gasteiger charge is 2.27. The van der Waals surface area contributed by atoms with Gasteiger partial charge in [0.15, 0.2) is 0 Å². The maximum absolute atomic E-state index is 10.7. The van der Waals surface area contributed by atoms with Crippen LogP contribution in [-0.2, 0) is 4.79 Å². The molecule has 21 heavy (non-hydrogen) atoms. The quantitative estimate of drug-likeness (QED) is 0.893. The molecule has 1 aliphatic rings. The summed E-state index contributed by atoms with van der Waals surface area (Å²) < 4.78 is 1.72. The van der Waals surface area contributed by atoms with E-state index in [0.717, 1.165) is 31.1 Å². The smallest absolute Gasteiger partial charge is 0.303 e. The standard InChI is InChI=1S/C14H17N5O2/c20-13(21)7-6-11-8-9-18(10-11)14-15-16-17-19(14)12-4-2-1-3-5-12/h1-5,11H,6-10H2,(H,20,21). The van der Waals surface area contributed by atoms with Crippen molar-refractivity contribution in [2.45, 2.75) is 19.3 Å². The summed E-state index contributed by atoms with van der Waals surface area (Å²) >= 11 is 0. The van der Waals surface area contributed by atoms with Gasteiger partial charge in [0.1, 0.15) is 0 Å². The van der Waals surface area contributed by atoms with Gasteiger partial charge in [0, 0.05) is 19.5 Å². The average molecular weight is 287 g/mol. The lowest BCUT2D eigenvalue weighted by Crippen LogP contribution is -2.23. The predicted octanol–water partition coefficient (Wildman–Crippen LogP) is 1.35. The molecule has 1 aromatic carbocycles. The summed E-state index contributed by atoms with van der Waals surface area (Å²) in [5.41, 5.74) is 0.923. The molecule has 0 bridgehead atoms. The summed E-state index contributed by atoms with van der Waals surface area (Å²) in [6, 6.07) is 9.75. The second-order valence-corrected chi connectivity index (χ2v) is 5.26. The van der Waals surface area contributed by atoms with Gasteiger partial charge in [-0.15, -0.1) is 0 Å². The lowest BCUT2D eigenvalue weighted by molar-refractivity contribution is -0.137. The number of nitrogens with zero attached hydrogens (tertiary/aromatic N) is 5. The van der Waals surface area contributed by atoms with E-state index in [1.54, 1.807) is 4.68 Å². The molecule has 0 aliphatic carbocycles. The number of hydrogen-bond donors (Lipinski definition) is 1. The molecule has 1 N–H and O–H groups in total. The van der Waals surface area contributed by atoms with E-state index in [4.69, 9.17) is 5.11 Å². The molecule has 1 unspecified atom stereocenters. The van der Waals surface area contributed by atoms with E-state index < -0.39 is 5.97 Å². The van der Waals surface area contributed by atoms with Crippen LogP contribution in [0.3, 0.4) is 0 Å². The van der Waals surface area contributed by atoms with Crippen molar-refractivity contribution >= 4 is 11.9 Å². The topological polar surface area (TPSA) is 84.1 Å². The molecule has 1 atom stereocenters. The van der Waals surface area contributed by atoms with Crippen LogP contribution in [0.15, 0.2) is 30.3 Å². The number of anilines is 1. The molecule has 2 heterocycles. The van der Waals surface area contributed by atoms with E-state index in [9.17, 15) is 4.79 Å². The molecule has 1 fully saturated rings. The van der Waals surface area contributed by atoms with Crippen LogP contribution in [0.2, 0.25) is 0 Å². The minimum atomic E-state index is -0.734. The van der Waals surface area contributed by atoms with Gasteiger partial charge in [0.25, 0.3) is 0 Å². The Kier molecular flexibility index (Phi) is 3.81. The van der Waals surface area contributed by atoms with Crippen molar-refractivity contribution in [2.24, 2.45) is 5.92 Å². The lowest BCUT2D eigenvalue weighted by atomic mass is 10.0. The van der Waals surface area contributed by atoms with Crippen molar-refractivity contribution in [3.05, 3.63) is 30.3 Å². The molecule has 0 radical (unpaired) electrons. The Morgan fingerprint density at radius 3 is 2.90 bits per heavy atom. The summed E-state index contributed by atoms with van der Waals surface area (Å²) in [6.07, 6.45) is 1.91. The van der Waals surface area contributed by atoms with Crippen molar-refractivity contribution in [3.63, 3.8) is 0 Å². The molecule has 3 rings (SSSR count). The highest BCUT2D eigenvalue weighted by atomic mass is 16.4. The largest absolute Gasteiger partial charge is 0.481 e.